The minimum Gasteiger partial charge on any atom is -0.507 e. The quantitative estimate of drug-likeness (QED) is 0.129. The third-order valence-corrected chi connectivity index (χ3v) is 6.69. The van der Waals surface area contributed by atoms with Crippen LogP contribution in [0, 0.1) is 0 Å². The van der Waals surface area contributed by atoms with E-state index in [0.717, 1.165) is 24.8 Å². The van der Waals surface area contributed by atoms with Crippen LogP contribution in [0.5, 0.6) is 17.2 Å². The molecular weight excluding hydrogens is 494 g/mol. The first kappa shape index (κ1) is 27.8. The molecule has 0 bridgehead atoms. The predicted molar refractivity (Wildman–Crippen MR) is 150 cm³/mol. The maximum absolute atomic E-state index is 13.4. The minimum atomic E-state index is -0.819. The Hall–Kier alpha value is -4.26. The van der Waals surface area contributed by atoms with Crippen molar-refractivity contribution in [2.24, 2.45) is 0 Å². The number of rotatable bonds is 12. The van der Waals surface area contributed by atoms with E-state index in [4.69, 9.17) is 14.2 Å². The Morgan fingerprint density at radius 1 is 0.897 bits per heavy atom. The lowest BCUT2D eigenvalue weighted by molar-refractivity contribution is -0.140. The fraction of sp³-hybridized carbons (Fsp3) is 0.312. The number of benzene rings is 3. The molecule has 3 aromatic carbocycles. The lowest BCUT2D eigenvalue weighted by Gasteiger charge is -2.26. The minimum absolute atomic E-state index is 0.0279. The molecule has 0 aliphatic carbocycles. The molecule has 1 heterocycles. The third-order valence-electron chi connectivity index (χ3n) is 6.69. The van der Waals surface area contributed by atoms with Gasteiger partial charge in [0.15, 0.2) is 11.5 Å². The lowest BCUT2D eigenvalue weighted by atomic mass is 9.94. The highest BCUT2D eigenvalue weighted by Gasteiger charge is 2.46. The first-order chi connectivity index (χ1) is 19.0. The maximum Gasteiger partial charge on any atom is 0.295 e. The van der Waals surface area contributed by atoms with Crippen LogP contribution in [0.2, 0.25) is 0 Å². The molecule has 7 heteroatoms. The fourth-order valence-corrected chi connectivity index (χ4v) is 4.69. The summed E-state index contributed by atoms with van der Waals surface area (Å²) in [7, 11) is 1.55. The summed E-state index contributed by atoms with van der Waals surface area (Å²) in [6, 6.07) is 20.8. The molecule has 0 aromatic heterocycles. The van der Waals surface area contributed by atoms with Gasteiger partial charge < -0.3 is 24.2 Å². The van der Waals surface area contributed by atoms with Crippen molar-refractivity contribution in [2.75, 3.05) is 20.3 Å². The van der Waals surface area contributed by atoms with Gasteiger partial charge in [-0.05, 0) is 60.9 Å². The zero-order chi connectivity index (χ0) is 27.8. The molecule has 1 atom stereocenters. The zero-order valence-corrected chi connectivity index (χ0v) is 22.7. The molecular formula is C32H35NO6. The van der Waals surface area contributed by atoms with Crippen LogP contribution >= 0.6 is 0 Å². The SMILES string of the molecule is CCCCCOc1ccc(C2/C(=C(\O)c3ccc(OC)cc3)C(=O)C(=O)N2Cc2ccccc2)cc1OCC. The second kappa shape index (κ2) is 13.0. The molecule has 1 fully saturated rings. The number of hydrogen-bond acceptors (Lipinski definition) is 6. The van der Waals surface area contributed by atoms with Crippen LogP contribution in [-0.4, -0.2) is 42.0 Å². The molecule has 1 unspecified atom stereocenters. The van der Waals surface area contributed by atoms with Gasteiger partial charge in [0.05, 0.1) is 31.9 Å². The Morgan fingerprint density at radius 3 is 2.31 bits per heavy atom. The highest BCUT2D eigenvalue weighted by molar-refractivity contribution is 6.46. The van der Waals surface area contributed by atoms with Crippen LogP contribution in [-0.2, 0) is 16.1 Å². The number of amides is 1. The molecule has 3 aromatic rings. The van der Waals surface area contributed by atoms with Crippen LogP contribution in [0.25, 0.3) is 5.76 Å². The van der Waals surface area contributed by atoms with Crippen LogP contribution in [0.15, 0.2) is 78.4 Å². The van der Waals surface area contributed by atoms with Crippen LogP contribution < -0.4 is 14.2 Å². The topological polar surface area (TPSA) is 85.3 Å². The van der Waals surface area contributed by atoms with E-state index in [2.05, 4.69) is 6.92 Å². The highest BCUT2D eigenvalue weighted by Crippen LogP contribution is 2.43. The summed E-state index contributed by atoms with van der Waals surface area (Å²) in [5, 5.41) is 11.4. The van der Waals surface area contributed by atoms with E-state index in [-0.39, 0.29) is 17.9 Å². The van der Waals surface area contributed by atoms with Gasteiger partial charge in [-0.1, -0.05) is 56.2 Å². The summed E-state index contributed by atoms with van der Waals surface area (Å²) in [5.41, 5.74) is 1.96. The number of methoxy groups -OCH3 is 1. The van der Waals surface area contributed by atoms with E-state index in [0.29, 0.717) is 41.6 Å². The smallest absolute Gasteiger partial charge is 0.295 e. The largest absolute Gasteiger partial charge is 0.507 e. The summed E-state index contributed by atoms with van der Waals surface area (Å²) in [4.78, 5) is 28.3. The molecule has 1 saturated heterocycles. The number of hydrogen-bond donors (Lipinski definition) is 1. The number of likely N-dealkylation sites (tertiary alicyclic amines) is 1. The average molecular weight is 530 g/mol. The molecule has 0 radical (unpaired) electrons. The van der Waals surface area contributed by atoms with Crippen molar-refractivity contribution >= 4 is 17.4 Å². The summed E-state index contributed by atoms with van der Waals surface area (Å²) >= 11 is 0. The number of carbonyl (C=O) groups is 2. The van der Waals surface area contributed by atoms with E-state index >= 15 is 0 Å². The highest BCUT2D eigenvalue weighted by atomic mass is 16.5. The van der Waals surface area contributed by atoms with Crippen LogP contribution in [0.3, 0.4) is 0 Å². The molecule has 1 N–H and O–H groups in total. The first-order valence-corrected chi connectivity index (χ1v) is 13.3. The summed E-state index contributed by atoms with van der Waals surface area (Å²) in [6.45, 7) is 5.22. The Morgan fingerprint density at radius 2 is 1.64 bits per heavy atom. The van der Waals surface area contributed by atoms with Gasteiger partial charge >= 0.3 is 0 Å². The Bertz CT molecular complexity index is 1320. The zero-order valence-electron chi connectivity index (χ0n) is 22.7. The molecule has 204 valence electrons. The van der Waals surface area contributed by atoms with Crippen LogP contribution in [0.4, 0.5) is 0 Å². The molecule has 0 spiro atoms. The molecule has 4 rings (SSSR count). The van der Waals surface area contributed by atoms with Crippen molar-refractivity contribution in [3.63, 3.8) is 0 Å². The first-order valence-electron chi connectivity index (χ1n) is 13.3. The maximum atomic E-state index is 13.4. The van der Waals surface area contributed by atoms with Gasteiger partial charge in [0.1, 0.15) is 11.5 Å². The number of carbonyl (C=O) groups excluding carboxylic acids is 2. The van der Waals surface area contributed by atoms with Gasteiger partial charge in [-0.25, -0.2) is 0 Å². The number of Topliss-reactive ketones (excluding diaryl/α,β-unsaturated/α-hetero) is 1. The van der Waals surface area contributed by atoms with Crippen molar-refractivity contribution in [2.45, 2.75) is 45.7 Å². The molecule has 39 heavy (non-hydrogen) atoms. The number of ether oxygens (including phenoxy) is 3. The normalized spacial score (nSPS) is 16.4. The third kappa shape index (κ3) is 6.25. The van der Waals surface area contributed by atoms with Crippen molar-refractivity contribution in [3.8, 4) is 17.2 Å². The number of unbranched alkanes of at least 4 members (excludes halogenated alkanes) is 2. The standard InChI is InChI=1S/C32H35NO6/c1-4-6-10-19-39-26-18-15-24(20-27(26)38-5-2)29-28(30(34)23-13-16-25(37-3)17-14-23)31(35)32(36)33(29)21-22-11-8-7-9-12-22/h7-9,11-18,20,29,34H,4-6,10,19,21H2,1-3H3/b30-28+. The van der Waals surface area contributed by atoms with Gasteiger partial charge in [0, 0.05) is 12.1 Å². The molecule has 1 amide bonds. The molecule has 1 aliphatic heterocycles. The Labute approximate surface area is 229 Å². The second-order valence-electron chi connectivity index (χ2n) is 9.34. The van der Waals surface area contributed by atoms with Gasteiger partial charge in [0.25, 0.3) is 11.7 Å². The number of nitrogens with zero attached hydrogens (tertiary/aromatic N) is 1. The lowest BCUT2D eigenvalue weighted by Crippen LogP contribution is -2.29. The summed E-state index contributed by atoms with van der Waals surface area (Å²) in [5.74, 6) is 0.102. The van der Waals surface area contributed by atoms with Crippen molar-refractivity contribution < 1.29 is 28.9 Å². The van der Waals surface area contributed by atoms with Gasteiger partial charge in [-0.2, -0.15) is 0 Å². The summed E-state index contributed by atoms with van der Waals surface area (Å²) < 4.78 is 17.1. The number of ketones is 1. The van der Waals surface area contributed by atoms with Gasteiger partial charge in [0.2, 0.25) is 0 Å². The van der Waals surface area contributed by atoms with Crippen LogP contribution in [0.1, 0.15) is 55.8 Å². The Kier molecular flexibility index (Phi) is 9.26. The van der Waals surface area contributed by atoms with E-state index in [9.17, 15) is 14.7 Å². The predicted octanol–water partition coefficient (Wildman–Crippen LogP) is 6.28. The van der Waals surface area contributed by atoms with Gasteiger partial charge in [-0.3, -0.25) is 9.59 Å². The van der Waals surface area contributed by atoms with Crippen molar-refractivity contribution in [1.82, 2.24) is 4.90 Å². The van der Waals surface area contributed by atoms with E-state index in [1.165, 1.54) is 4.90 Å². The molecule has 7 nitrogen and oxygen atoms in total. The van der Waals surface area contributed by atoms with Crippen molar-refractivity contribution in [3.05, 3.63) is 95.1 Å². The molecule has 1 aliphatic rings. The number of aliphatic hydroxyl groups is 1. The molecule has 0 saturated carbocycles. The average Bonchev–Trinajstić information content (AvgIpc) is 3.21. The van der Waals surface area contributed by atoms with E-state index in [1.807, 2.05) is 49.4 Å². The number of aliphatic hydroxyl groups excluding tert-OH is 1. The Balaban J connectivity index is 1.80. The fourth-order valence-electron chi connectivity index (χ4n) is 4.69. The van der Waals surface area contributed by atoms with E-state index in [1.54, 1.807) is 37.4 Å². The second-order valence-corrected chi connectivity index (χ2v) is 9.34. The van der Waals surface area contributed by atoms with Gasteiger partial charge in [-0.15, -0.1) is 0 Å². The summed E-state index contributed by atoms with van der Waals surface area (Å²) in [6.07, 6.45) is 3.10. The monoisotopic (exact) mass is 529 g/mol. The van der Waals surface area contributed by atoms with Crippen molar-refractivity contribution in [1.29, 1.82) is 0 Å². The van der Waals surface area contributed by atoms with E-state index < -0.39 is 17.7 Å².